The molecule has 0 bridgehead atoms. The second-order valence-electron chi connectivity index (χ2n) is 2.16. The van der Waals surface area contributed by atoms with E-state index in [1.54, 1.807) is 11.3 Å². The minimum absolute atomic E-state index is 0.296. The first-order valence-electron chi connectivity index (χ1n) is 3.41. The number of unbranched alkanes of at least 4 members (excludes halogenated alkanes) is 1. The lowest BCUT2D eigenvalue weighted by molar-refractivity contribution is 0.284. The van der Waals surface area contributed by atoms with Crippen LogP contribution < -0.4 is 0 Å². The first kappa shape index (κ1) is 7.69. The molecule has 0 fully saturated rings. The van der Waals surface area contributed by atoms with E-state index in [4.69, 9.17) is 5.11 Å². The van der Waals surface area contributed by atoms with Crippen molar-refractivity contribution >= 4 is 11.3 Å². The van der Waals surface area contributed by atoms with E-state index in [1.165, 1.54) is 0 Å². The molecule has 3 heteroatoms. The van der Waals surface area contributed by atoms with Crippen molar-refractivity contribution < 1.29 is 5.11 Å². The fourth-order valence-electron chi connectivity index (χ4n) is 0.779. The largest absolute Gasteiger partial charge is 0.396 e. The van der Waals surface area contributed by atoms with Crippen molar-refractivity contribution in [2.45, 2.75) is 19.3 Å². The summed E-state index contributed by atoms with van der Waals surface area (Å²) in [6.45, 7) is 0.296. The number of aliphatic hydroxyl groups is 1. The highest BCUT2D eigenvalue weighted by Crippen LogP contribution is 2.04. The molecule has 10 heavy (non-hydrogen) atoms. The normalized spacial score (nSPS) is 10.1. The Bertz CT molecular complexity index is 162. The monoisotopic (exact) mass is 157 g/mol. The van der Waals surface area contributed by atoms with E-state index >= 15 is 0 Å². The molecule has 0 atom stereocenters. The number of aromatic nitrogens is 1. The van der Waals surface area contributed by atoms with Crippen LogP contribution in [0.2, 0.25) is 0 Å². The van der Waals surface area contributed by atoms with Crippen molar-refractivity contribution in [1.82, 2.24) is 4.98 Å². The topological polar surface area (TPSA) is 33.1 Å². The van der Waals surface area contributed by atoms with Crippen LogP contribution in [0.4, 0.5) is 0 Å². The van der Waals surface area contributed by atoms with Crippen molar-refractivity contribution in [2.75, 3.05) is 6.61 Å². The molecule has 1 aromatic rings. The average molecular weight is 157 g/mol. The average Bonchev–Trinajstić information content (AvgIpc) is 2.41. The maximum absolute atomic E-state index is 8.48. The number of aliphatic hydroxyl groups excluding tert-OH is 1. The Labute approximate surface area is 64.5 Å². The standard InChI is InChI=1S/C7H11NOS/c9-4-2-1-3-7-5-10-6-8-7/h5-6,9H,1-4H2. The molecule has 1 N–H and O–H groups in total. The van der Waals surface area contributed by atoms with Gasteiger partial charge in [0.1, 0.15) is 0 Å². The molecule has 56 valence electrons. The smallest absolute Gasteiger partial charge is 0.0794 e. The molecular formula is C7H11NOS. The van der Waals surface area contributed by atoms with Gasteiger partial charge in [-0.05, 0) is 19.3 Å². The zero-order valence-corrected chi connectivity index (χ0v) is 6.60. The molecule has 0 aliphatic carbocycles. The minimum Gasteiger partial charge on any atom is -0.396 e. The van der Waals surface area contributed by atoms with Gasteiger partial charge in [-0.3, -0.25) is 0 Å². The first-order chi connectivity index (χ1) is 4.93. The highest BCUT2D eigenvalue weighted by molar-refractivity contribution is 7.07. The molecular weight excluding hydrogens is 146 g/mol. The van der Waals surface area contributed by atoms with E-state index in [-0.39, 0.29) is 0 Å². The van der Waals surface area contributed by atoms with Gasteiger partial charge in [-0.1, -0.05) is 0 Å². The van der Waals surface area contributed by atoms with Crippen LogP contribution in [0.25, 0.3) is 0 Å². The summed E-state index contributed by atoms with van der Waals surface area (Å²) in [5, 5.41) is 10.5. The van der Waals surface area contributed by atoms with Crippen LogP contribution in [0, 0.1) is 0 Å². The molecule has 0 radical (unpaired) electrons. The predicted octanol–water partition coefficient (Wildman–Crippen LogP) is 1.46. The Morgan fingerprint density at radius 1 is 1.50 bits per heavy atom. The Kier molecular flexibility index (Phi) is 3.40. The number of nitrogens with zero attached hydrogens (tertiary/aromatic N) is 1. The molecule has 0 amide bonds. The van der Waals surface area contributed by atoms with Gasteiger partial charge >= 0.3 is 0 Å². The summed E-state index contributed by atoms with van der Waals surface area (Å²) in [6.07, 6.45) is 2.93. The Balaban J connectivity index is 2.15. The van der Waals surface area contributed by atoms with Crippen molar-refractivity contribution in [1.29, 1.82) is 0 Å². The van der Waals surface area contributed by atoms with Crippen LogP contribution in [0.15, 0.2) is 10.9 Å². The van der Waals surface area contributed by atoms with Gasteiger partial charge in [0.25, 0.3) is 0 Å². The second-order valence-corrected chi connectivity index (χ2v) is 2.88. The number of hydrogen-bond acceptors (Lipinski definition) is 3. The highest BCUT2D eigenvalue weighted by Gasteiger charge is 1.92. The van der Waals surface area contributed by atoms with E-state index < -0.39 is 0 Å². The first-order valence-corrected chi connectivity index (χ1v) is 4.35. The third kappa shape index (κ3) is 2.45. The third-order valence-electron chi connectivity index (χ3n) is 1.32. The van der Waals surface area contributed by atoms with Crippen molar-refractivity contribution in [3.05, 3.63) is 16.6 Å². The number of aryl methyl sites for hydroxylation is 1. The second kappa shape index (κ2) is 4.41. The van der Waals surface area contributed by atoms with Crippen LogP contribution in [-0.2, 0) is 6.42 Å². The Hall–Kier alpha value is -0.410. The number of hydrogen-bond donors (Lipinski definition) is 1. The summed E-state index contributed by atoms with van der Waals surface area (Å²) < 4.78 is 0. The molecule has 1 heterocycles. The van der Waals surface area contributed by atoms with Crippen molar-refractivity contribution in [3.63, 3.8) is 0 Å². The predicted molar refractivity (Wildman–Crippen MR) is 42.1 cm³/mol. The molecule has 0 spiro atoms. The van der Waals surface area contributed by atoms with Gasteiger partial charge in [0.2, 0.25) is 0 Å². The summed E-state index contributed by atoms with van der Waals surface area (Å²) >= 11 is 1.62. The molecule has 0 aliphatic heterocycles. The summed E-state index contributed by atoms with van der Waals surface area (Å²) in [6, 6.07) is 0. The molecule has 0 saturated carbocycles. The van der Waals surface area contributed by atoms with Crippen LogP contribution in [-0.4, -0.2) is 16.7 Å². The van der Waals surface area contributed by atoms with Gasteiger partial charge in [-0.15, -0.1) is 11.3 Å². The molecule has 0 aliphatic rings. The van der Waals surface area contributed by atoms with E-state index in [9.17, 15) is 0 Å². The molecule has 0 saturated heterocycles. The minimum atomic E-state index is 0.296. The summed E-state index contributed by atoms with van der Waals surface area (Å²) in [4.78, 5) is 4.12. The van der Waals surface area contributed by atoms with E-state index in [2.05, 4.69) is 10.4 Å². The number of rotatable bonds is 4. The Morgan fingerprint density at radius 3 is 3.00 bits per heavy atom. The van der Waals surface area contributed by atoms with E-state index in [1.807, 2.05) is 5.51 Å². The maximum Gasteiger partial charge on any atom is 0.0794 e. The SMILES string of the molecule is OCCCCc1cscn1. The Morgan fingerprint density at radius 2 is 2.40 bits per heavy atom. The zero-order valence-electron chi connectivity index (χ0n) is 5.79. The van der Waals surface area contributed by atoms with E-state index in [0.717, 1.165) is 25.0 Å². The van der Waals surface area contributed by atoms with Crippen LogP contribution in [0.1, 0.15) is 18.5 Å². The zero-order chi connectivity index (χ0) is 7.23. The lowest BCUT2D eigenvalue weighted by atomic mass is 10.2. The summed E-state index contributed by atoms with van der Waals surface area (Å²) in [5.41, 5.74) is 2.99. The quantitative estimate of drug-likeness (QED) is 0.671. The third-order valence-corrected chi connectivity index (χ3v) is 1.96. The van der Waals surface area contributed by atoms with Gasteiger partial charge in [0, 0.05) is 12.0 Å². The van der Waals surface area contributed by atoms with Gasteiger partial charge in [0.05, 0.1) is 11.2 Å². The van der Waals surface area contributed by atoms with Crippen LogP contribution in [0.3, 0.4) is 0 Å². The van der Waals surface area contributed by atoms with Gasteiger partial charge in [0.15, 0.2) is 0 Å². The fourth-order valence-corrected chi connectivity index (χ4v) is 1.37. The molecule has 0 aromatic carbocycles. The molecule has 1 rings (SSSR count). The van der Waals surface area contributed by atoms with Crippen LogP contribution in [0.5, 0.6) is 0 Å². The van der Waals surface area contributed by atoms with Gasteiger partial charge in [-0.2, -0.15) is 0 Å². The molecule has 1 aromatic heterocycles. The van der Waals surface area contributed by atoms with Gasteiger partial charge in [-0.25, -0.2) is 4.98 Å². The lowest BCUT2D eigenvalue weighted by Gasteiger charge is -1.92. The lowest BCUT2D eigenvalue weighted by Crippen LogP contribution is -1.87. The molecule has 2 nitrogen and oxygen atoms in total. The van der Waals surface area contributed by atoms with Crippen molar-refractivity contribution in [2.24, 2.45) is 0 Å². The number of thiazole rings is 1. The maximum atomic E-state index is 8.48. The highest BCUT2D eigenvalue weighted by atomic mass is 32.1. The van der Waals surface area contributed by atoms with Crippen molar-refractivity contribution in [3.8, 4) is 0 Å². The molecule has 0 unspecified atom stereocenters. The summed E-state index contributed by atoms with van der Waals surface area (Å²) in [5.74, 6) is 0. The summed E-state index contributed by atoms with van der Waals surface area (Å²) in [7, 11) is 0. The van der Waals surface area contributed by atoms with Gasteiger partial charge < -0.3 is 5.11 Å². The van der Waals surface area contributed by atoms with Crippen LogP contribution >= 0.6 is 11.3 Å². The van der Waals surface area contributed by atoms with E-state index in [0.29, 0.717) is 6.61 Å². The fraction of sp³-hybridized carbons (Fsp3) is 0.571.